The lowest BCUT2D eigenvalue weighted by molar-refractivity contribution is -0.276. The molecule has 3 amide bonds. The Morgan fingerprint density at radius 1 is 0.852 bits per heavy atom. The zero-order chi connectivity index (χ0) is 37.6. The number of alkyl carbamates (subject to hydrolysis) is 1. The zero-order valence-corrected chi connectivity index (χ0v) is 30.4. The predicted molar refractivity (Wildman–Crippen MR) is 200 cm³/mol. The smallest absolute Gasteiger partial charge is 0.408 e. The van der Waals surface area contributed by atoms with Gasteiger partial charge in [0.2, 0.25) is 5.91 Å². The summed E-state index contributed by atoms with van der Waals surface area (Å²) in [4.78, 5) is 42.0. The summed E-state index contributed by atoms with van der Waals surface area (Å²) in [7, 11) is 0. The van der Waals surface area contributed by atoms with E-state index in [2.05, 4.69) is 17.1 Å². The molecule has 4 aromatic rings. The van der Waals surface area contributed by atoms with Gasteiger partial charge in [0, 0.05) is 24.1 Å². The van der Waals surface area contributed by atoms with Crippen molar-refractivity contribution in [2.75, 3.05) is 19.7 Å². The van der Waals surface area contributed by atoms with E-state index in [4.69, 9.17) is 14.2 Å². The van der Waals surface area contributed by atoms with Gasteiger partial charge in [-0.1, -0.05) is 104 Å². The average molecular weight is 734 g/mol. The first-order valence-electron chi connectivity index (χ1n) is 18.7. The SMILES string of the molecule is C[C@H]1[C@@H](CN2CCC[C@H]2CO)O[C@@H](c2ccc(-c3cccc(CN4C(=O)CC(NC(=O)OCc5ccccc5)C4=O)c3)cc2)O[C@H]1c1ccc(CO)cc1. The van der Waals surface area contributed by atoms with E-state index in [1.54, 1.807) is 0 Å². The molecule has 3 aliphatic heterocycles. The number of rotatable bonds is 12. The highest BCUT2D eigenvalue weighted by atomic mass is 16.7. The van der Waals surface area contributed by atoms with Gasteiger partial charge in [-0.2, -0.15) is 0 Å². The van der Waals surface area contributed by atoms with Crippen LogP contribution in [0.15, 0.2) is 103 Å². The minimum absolute atomic E-state index is 0.0250. The molecule has 11 nitrogen and oxygen atoms in total. The molecule has 7 rings (SSSR count). The van der Waals surface area contributed by atoms with Crippen molar-refractivity contribution in [1.82, 2.24) is 15.1 Å². The van der Waals surface area contributed by atoms with Gasteiger partial charge in [0.15, 0.2) is 6.29 Å². The van der Waals surface area contributed by atoms with Gasteiger partial charge >= 0.3 is 6.09 Å². The number of imide groups is 1. The van der Waals surface area contributed by atoms with Crippen molar-refractivity contribution in [2.24, 2.45) is 5.92 Å². The summed E-state index contributed by atoms with van der Waals surface area (Å²) < 4.78 is 18.6. The number of benzene rings is 4. The van der Waals surface area contributed by atoms with Gasteiger partial charge in [-0.25, -0.2) is 4.79 Å². The summed E-state index contributed by atoms with van der Waals surface area (Å²) in [5.41, 5.74) is 6.19. The Balaban J connectivity index is 1.02. The van der Waals surface area contributed by atoms with Crippen LogP contribution < -0.4 is 5.32 Å². The minimum atomic E-state index is -0.978. The molecular formula is C43H47N3O8. The molecule has 0 aliphatic carbocycles. The second kappa shape index (κ2) is 17.0. The fourth-order valence-electron chi connectivity index (χ4n) is 7.64. The topological polar surface area (TPSA) is 138 Å². The van der Waals surface area contributed by atoms with E-state index < -0.39 is 24.3 Å². The molecule has 3 heterocycles. The molecule has 0 radical (unpaired) electrons. The Labute approximate surface area is 315 Å². The summed E-state index contributed by atoms with van der Waals surface area (Å²) in [6.45, 7) is 4.01. The highest BCUT2D eigenvalue weighted by molar-refractivity contribution is 6.06. The fourth-order valence-corrected chi connectivity index (χ4v) is 7.64. The number of hydrogen-bond acceptors (Lipinski definition) is 9. The van der Waals surface area contributed by atoms with Crippen molar-refractivity contribution in [3.63, 3.8) is 0 Å². The zero-order valence-electron chi connectivity index (χ0n) is 30.4. The van der Waals surface area contributed by atoms with E-state index in [9.17, 15) is 24.6 Å². The lowest BCUT2D eigenvalue weighted by Crippen LogP contribution is -2.46. The third kappa shape index (κ3) is 8.56. The third-order valence-electron chi connectivity index (χ3n) is 10.8. The van der Waals surface area contributed by atoms with E-state index in [-0.39, 0.29) is 62.9 Å². The number of likely N-dealkylation sites (tertiary alicyclic amines) is 2. The summed E-state index contributed by atoms with van der Waals surface area (Å²) in [6, 6.07) is 31.9. The van der Waals surface area contributed by atoms with Crippen molar-refractivity contribution < 1.29 is 38.8 Å². The number of carbonyl (C=O) groups excluding carboxylic acids is 3. The molecule has 0 spiro atoms. The lowest BCUT2D eigenvalue weighted by Gasteiger charge is -2.43. The van der Waals surface area contributed by atoms with Crippen molar-refractivity contribution in [2.45, 2.75) is 76.5 Å². The van der Waals surface area contributed by atoms with Crippen molar-refractivity contribution in [1.29, 1.82) is 0 Å². The molecular weight excluding hydrogens is 686 g/mol. The van der Waals surface area contributed by atoms with Crippen LogP contribution in [0.5, 0.6) is 0 Å². The maximum atomic E-state index is 13.2. The molecule has 1 unspecified atom stereocenters. The molecule has 11 heteroatoms. The Morgan fingerprint density at radius 3 is 2.33 bits per heavy atom. The monoisotopic (exact) mass is 733 g/mol. The number of ether oxygens (including phenoxy) is 3. The Morgan fingerprint density at radius 2 is 1.59 bits per heavy atom. The number of nitrogens with one attached hydrogen (secondary N) is 1. The van der Waals surface area contributed by atoms with Crippen LogP contribution in [0.3, 0.4) is 0 Å². The Kier molecular flexibility index (Phi) is 11.8. The van der Waals surface area contributed by atoms with Crippen LogP contribution in [0.25, 0.3) is 11.1 Å². The number of amides is 3. The third-order valence-corrected chi connectivity index (χ3v) is 10.8. The average Bonchev–Trinajstić information content (AvgIpc) is 3.77. The summed E-state index contributed by atoms with van der Waals surface area (Å²) in [5, 5.41) is 22.1. The summed E-state index contributed by atoms with van der Waals surface area (Å²) in [6.07, 6.45) is 0.157. The van der Waals surface area contributed by atoms with E-state index in [0.717, 1.165) is 58.3 Å². The first-order valence-corrected chi connectivity index (χ1v) is 18.7. The normalized spacial score (nSPS) is 24.5. The first kappa shape index (κ1) is 37.4. The quantitative estimate of drug-likeness (QED) is 0.158. The number of aliphatic hydroxyl groups excluding tert-OH is 2. The van der Waals surface area contributed by atoms with Crippen LogP contribution in [0, 0.1) is 5.92 Å². The first-order chi connectivity index (χ1) is 26.3. The Hall–Kier alpha value is -4.91. The van der Waals surface area contributed by atoms with Crippen molar-refractivity contribution in [3.8, 4) is 11.1 Å². The van der Waals surface area contributed by atoms with Crippen LogP contribution in [0.2, 0.25) is 0 Å². The fraction of sp³-hybridized carbons (Fsp3) is 0.372. The van der Waals surface area contributed by atoms with Gasteiger partial charge in [-0.05, 0) is 58.8 Å². The number of aliphatic hydroxyl groups is 2. The highest BCUT2D eigenvalue weighted by Crippen LogP contribution is 2.42. The van der Waals surface area contributed by atoms with Gasteiger partial charge < -0.3 is 29.7 Å². The highest BCUT2D eigenvalue weighted by Gasteiger charge is 2.41. The second-order valence-electron chi connectivity index (χ2n) is 14.4. The largest absolute Gasteiger partial charge is 0.445 e. The molecule has 3 N–H and O–H groups in total. The molecule has 3 fully saturated rings. The molecule has 282 valence electrons. The molecule has 0 bridgehead atoms. The molecule has 4 aromatic carbocycles. The number of nitrogens with zero attached hydrogens (tertiary/aromatic N) is 2. The van der Waals surface area contributed by atoms with Crippen molar-refractivity contribution in [3.05, 3.63) is 131 Å². The molecule has 3 saturated heterocycles. The minimum Gasteiger partial charge on any atom is -0.445 e. The number of hydrogen-bond donors (Lipinski definition) is 3. The van der Waals surface area contributed by atoms with E-state index >= 15 is 0 Å². The van der Waals surface area contributed by atoms with Gasteiger partial charge in [-0.3, -0.25) is 19.4 Å². The van der Waals surface area contributed by atoms with Gasteiger partial charge in [0.05, 0.1) is 38.4 Å². The van der Waals surface area contributed by atoms with E-state index in [0.29, 0.717) is 6.54 Å². The van der Waals surface area contributed by atoms with E-state index in [1.807, 2.05) is 103 Å². The number of carbonyl (C=O) groups is 3. The standard InChI is InChI=1S/C43H47N3O8/c1-28-38(24-45-20-6-11-36(45)26-48)53-42(54-40(28)33-14-12-29(25-47)13-15-33)34-18-16-32(17-19-34)35-10-5-9-31(21-35)23-46-39(49)22-37(41(46)50)44-43(51)52-27-30-7-3-2-4-8-30/h2-5,7-10,12-19,21,28,36-38,40,42,47-48H,6,11,20,22-27H2,1H3,(H,44,51)/t28-,36-,37?,38+,40+,42+/m0/s1. The van der Waals surface area contributed by atoms with Gasteiger partial charge in [0.25, 0.3) is 5.91 Å². The van der Waals surface area contributed by atoms with Gasteiger partial charge in [0.1, 0.15) is 12.6 Å². The van der Waals surface area contributed by atoms with Crippen LogP contribution in [0.1, 0.15) is 66.4 Å². The second-order valence-corrected chi connectivity index (χ2v) is 14.4. The summed E-state index contributed by atoms with van der Waals surface area (Å²) in [5.74, 6) is -0.787. The maximum absolute atomic E-state index is 13.2. The molecule has 6 atom stereocenters. The molecule has 0 saturated carbocycles. The van der Waals surface area contributed by atoms with Crippen molar-refractivity contribution >= 4 is 17.9 Å². The van der Waals surface area contributed by atoms with Crippen LogP contribution >= 0.6 is 0 Å². The van der Waals surface area contributed by atoms with Crippen LogP contribution in [-0.2, 0) is 43.6 Å². The van der Waals surface area contributed by atoms with E-state index in [1.165, 1.54) is 4.90 Å². The lowest BCUT2D eigenvalue weighted by atomic mass is 9.89. The Bertz CT molecular complexity index is 1900. The van der Waals surface area contributed by atoms with Crippen LogP contribution in [0.4, 0.5) is 4.79 Å². The van der Waals surface area contributed by atoms with Gasteiger partial charge in [-0.15, -0.1) is 0 Å². The summed E-state index contributed by atoms with van der Waals surface area (Å²) >= 11 is 0. The predicted octanol–water partition coefficient (Wildman–Crippen LogP) is 5.65. The van der Waals surface area contributed by atoms with Crippen LogP contribution in [-0.4, -0.2) is 75.8 Å². The molecule has 3 aliphatic rings. The molecule has 0 aromatic heterocycles. The molecule has 54 heavy (non-hydrogen) atoms. The maximum Gasteiger partial charge on any atom is 0.408 e.